The van der Waals surface area contributed by atoms with Crippen LogP contribution in [0.2, 0.25) is 0 Å². The molecule has 65 heavy (non-hydrogen) atoms. The monoisotopic (exact) mass is 830 g/mol. The molecule has 0 bridgehead atoms. The molecule has 0 spiro atoms. The third kappa shape index (κ3) is 6.95. The van der Waals surface area contributed by atoms with Crippen molar-refractivity contribution < 1.29 is 0 Å². The van der Waals surface area contributed by atoms with Crippen molar-refractivity contribution in [3.05, 3.63) is 255 Å². The van der Waals surface area contributed by atoms with Gasteiger partial charge in [-0.3, -0.25) is 4.40 Å². The van der Waals surface area contributed by atoms with Crippen LogP contribution in [0.1, 0.15) is 0 Å². The molecule has 12 rings (SSSR count). The van der Waals surface area contributed by atoms with E-state index in [-0.39, 0.29) is 0 Å². The van der Waals surface area contributed by atoms with Crippen LogP contribution in [0.5, 0.6) is 0 Å². The van der Waals surface area contributed by atoms with Crippen LogP contribution in [0.3, 0.4) is 0 Å². The Hall–Kier alpha value is -8.73. The summed E-state index contributed by atoms with van der Waals surface area (Å²) in [7, 11) is 0. The molecular formula is C61H42N4. The second-order valence-electron chi connectivity index (χ2n) is 16.4. The molecule has 0 radical (unpaired) electrons. The summed E-state index contributed by atoms with van der Waals surface area (Å²) in [6.45, 7) is 0. The third-order valence-corrected chi connectivity index (χ3v) is 12.5. The number of nitrogens with zero attached hydrogens (tertiary/aromatic N) is 4. The second-order valence-corrected chi connectivity index (χ2v) is 16.4. The van der Waals surface area contributed by atoms with Gasteiger partial charge in [0.05, 0.1) is 16.6 Å². The van der Waals surface area contributed by atoms with Crippen LogP contribution in [0.25, 0.3) is 71.7 Å². The molecule has 0 aliphatic rings. The van der Waals surface area contributed by atoms with E-state index in [0.717, 1.165) is 78.2 Å². The van der Waals surface area contributed by atoms with Gasteiger partial charge in [-0.05, 0) is 142 Å². The number of imidazole rings is 1. The highest BCUT2D eigenvalue weighted by atomic mass is 15.1. The third-order valence-electron chi connectivity index (χ3n) is 12.5. The van der Waals surface area contributed by atoms with Gasteiger partial charge in [0.1, 0.15) is 5.65 Å². The van der Waals surface area contributed by atoms with Gasteiger partial charge in [-0.25, -0.2) is 4.98 Å². The van der Waals surface area contributed by atoms with Gasteiger partial charge in [0.15, 0.2) is 0 Å². The number of pyridine rings is 1. The van der Waals surface area contributed by atoms with Gasteiger partial charge >= 0.3 is 0 Å². The number of aromatic nitrogens is 2. The molecule has 2 aromatic heterocycles. The number of anilines is 6. The van der Waals surface area contributed by atoms with E-state index in [4.69, 9.17) is 4.98 Å². The van der Waals surface area contributed by atoms with Crippen LogP contribution in [0.15, 0.2) is 255 Å². The Morgan fingerprint density at radius 3 is 1.20 bits per heavy atom. The smallest absolute Gasteiger partial charge is 0.146 e. The van der Waals surface area contributed by atoms with Crippen molar-refractivity contribution in [3.63, 3.8) is 0 Å². The zero-order valence-corrected chi connectivity index (χ0v) is 35.5. The minimum atomic E-state index is 0.956. The van der Waals surface area contributed by atoms with Gasteiger partial charge in [0, 0.05) is 44.9 Å². The second kappa shape index (κ2) is 16.2. The Morgan fingerprint density at radius 2 is 0.662 bits per heavy atom. The fourth-order valence-electron chi connectivity index (χ4n) is 9.38. The largest absolute Gasteiger partial charge is 0.311 e. The predicted octanol–water partition coefficient (Wildman–Crippen LogP) is 16.7. The highest BCUT2D eigenvalue weighted by molar-refractivity contribution is 6.15. The Balaban J connectivity index is 0.986. The standard InChI is InChI=1S/C61H42N4/c1-5-15-43(16-6-1)45-25-32-51(33-26-45)63(52-34-27-46(28-35-52)44-17-7-2-8-18-44)53-36-29-47(30-37-53)48-31-40-59-57(41-48)56-42-54(64(49-19-9-3-10-20-49)50-21-11-4-12-22-50)38-39-55(56)61-62-58-23-13-14-24-60(58)65(59)61/h1-42H. The van der Waals surface area contributed by atoms with E-state index in [2.05, 4.69) is 269 Å². The van der Waals surface area contributed by atoms with Crippen molar-refractivity contribution >= 4 is 72.5 Å². The summed E-state index contributed by atoms with van der Waals surface area (Å²) in [5.74, 6) is 0. The molecule has 0 amide bonds. The number of fused-ring (bicyclic) bond motifs is 8. The van der Waals surface area contributed by atoms with E-state index < -0.39 is 0 Å². The highest BCUT2D eigenvalue weighted by Gasteiger charge is 2.19. The Labute approximate surface area is 378 Å². The fourth-order valence-corrected chi connectivity index (χ4v) is 9.38. The van der Waals surface area contributed by atoms with Crippen molar-refractivity contribution in [1.29, 1.82) is 0 Å². The maximum Gasteiger partial charge on any atom is 0.146 e. The number of hydrogen-bond acceptors (Lipinski definition) is 3. The average molecular weight is 831 g/mol. The van der Waals surface area contributed by atoms with Crippen LogP contribution in [0, 0.1) is 0 Å². The number of benzene rings is 10. The summed E-state index contributed by atoms with van der Waals surface area (Å²) in [6.07, 6.45) is 0. The SMILES string of the molecule is c1ccc(-c2ccc(N(c3ccc(-c4ccccc4)cc3)c3ccc(-c4ccc5c(c4)c4cc(N(c6ccccc6)c6ccccc6)ccc4c4nc6ccccc6n54)cc3)cc2)cc1. The molecule has 306 valence electrons. The van der Waals surface area contributed by atoms with E-state index >= 15 is 0 Å². The summed E-state index contributed by atoms with van der Waals surface area (Å²) in [5, 5.41) is 3.43. The molecule has 0 aliphatic carbocycles. The molecule has 0 saturated heterocycles. The minimum Gasteiger partial charge on any atom is -0.311 e. The van der Waals surface area contributed by atoms with E-state index in [1.807, 2.05) is 0 Å². The summed E-state index contributed by atoms with van der Waals surface area (Å²) in [5.41, 5.74) is 17.8. The number of hydrogen-bond donors (Lipinski definition) is 0. The van der Waals surface area contributed by atoms with E-state index in [9.17, 15) is 0 Å². The molecule has 4 heteroatoms. The fraction of sp³-hybridized carbons (Fsp3) is 0. The van der Waals surface area contributed by atoms with Crippen LogP contribution >= 0.6 is 0 Å². The molecule has 12 aromatic rings. The van der Waals surface area contributed by atoms with Crippen molar-refractivity contribution in [3.8, 4) is 33.4 Å². The van der Waals surface area contributed by atoms with Crippen LogP contribution in [0.4, 0.5) is 34.1 Å². The zero-order chi connectivity index (χ0) is 43.1. The van der Waals surface area contributed by atoms with Crippen molar-refractivity contribution in [1.82, 2.24) is 9.38 Å². The van der Waals surface area contributed by atoms with Gasteiger partial charge in [0.25, 0.3) is 0 Å². The maximum absolute atomic E-state index is 5.23. The van der Waals surface area contributed by atoms with Gasteiger partial charge in [0.2, 0.25) is 0 Å². The lowest BCUT2D eigenvalue weighted by Crippen LogP contribution is -2.09. The quantitative estimate of drug-likeness (QED) is 0.135. The highest BCUT2D eigenvalue weighted by Crippen LogP contribution is 2.42. The Bertz CT molecular complexity index is 3480. The van der Waals surface area contributed by atoms with Crippen LogP contribution in [-0.2, 0) is 0 Å². The van der Waals surface area contributed by atoms with Crippen LogP contribution < -0.4 is 9.80 Å². The number of rotatable bonds is 9. The van der Waals surface area contributed by atoms with Gasteiger partial charge in [-0.2, -0.15) is 0 Å². The lowest BCUT2D eigenvalue weighted by molar-refractivity contribution is 1.28. The lowest BCUT2D eigenvalue weighted by Gasteiger charge is -2.26. The van der Waals surface area contributed by atoms with Gasteiger partial charge < -0.3 is 9.80 Å². The molecular weight excluding hydrogens is 789 g/mol. The molecule has 0 atom stereocenters. The summed E-state index contributed by atoms with van der Waals surface area (Å²) in [4.78, 5) is 9.90. The first-order chi connectivity index (χ1) is 32.2. The molecule has 0 fully saturated rings. The summed E-state index contributed by atoms with van der Waals surface area (Å²) in [6, 6.07) is 91.2. The Kier molecular flexibility index (Phi) is 9.46. The Morgan fingerprint density at radius 1 is 0.262 bits per heavy atom. The normalized spacial score (nSPS) is 11.4. The topological polar surface area (TPSA) is 23.8 Å². The maximum atomic E-state index is 5.23. The molecule has 0 aliphatic heterocycles. The van der Waals surface area contributed by atoms with Crippen molar-refractivity contribution in [2.24, 2.45) is 0 Å². The molecule has 0 N–H and O–H groups in total. The molecule has 0 unspecified atom stereocenters. The van der Waals surface area contributed by atoms with E-state index in [1.54, 1.807) is 0 Å². The van der Waals surface area contributed by atoms with E-state index in [0.29, 0.717) is 0 Å². The predicted molar refractivity (Wildman–Crippen MR) is 273 cm³/mol. The van der Waals surface area contributed by atoms with Crippen LogP contribution in [-0.4, -0.2) is 9.38 Å². The van der Waals surface area contributed by atoms with Gasteiger partial charge in [-0.15, -0.1) is 0 Å². The lowest BCUT2D eigenvalue weighted by atomic mass is 9.98. The molecule has 0 saturated carbocycles. The molecule has 2 heterocycles. The van der Waals surface area contributed by atoms with Crippen molar-refractivity contribution in [2.45, 2.75) is 0 Å². The van der Waals surface area contributed by atoms with Crippen molar-refractivity contribution in [2.75, 3.05) is 9.80 Å². The summed E-state index contributed by atoms with van der Waals surface area (Å²) >= 11 is 0. The zero-order valence-electron chi connectivity index (χ0n) is 35.5. The first-order valence-corrected chi connectivity index (χ1v) is 22.1. The van der Waals surface area contributed by atoms with Gasteiger partial charge in [-0.1, -0.05) is 152 Å². The summed E-state index contributed by atoms with van der Waals surface area (Å²) < 4.78 is 2.33. The minimum absolute atomic E-state index is 0.956. The first kappa shape index (κ1) is 38.0. The molecule has 4 nitrogen and oxygen atoms in total. The number of para-hydroxylation sites is 4. The molecule has 10 aromatic carbocycles. The average Bonchev–Trinajstić information content (AvgIpc) is 3.78. The van der Waals surface area contributed by atoms with E-state index in [1.165, 1.54) is 27.6 Å². The first-order valence-electron chi connectivity index (χ1n) is 22.1.